The van der Waals surface area contributed by atoms with Crippen LogP contribution in [-0.2, 0) is 11.3 Å². The van der Waals surface area contributed by atoms with Crippen LogP contribution in [0.1, 0.15) is 5.01 Å². The van der Waals surface area contributed by atoms with E-state index in [1.165, 1.54) is 0 Å². The number of ether oxygens (including phenoxy) is 1. The van der Waals surface area contributed by atoms with Crippen LogP contribution in [0.2, 0.25) is 0 Å². The average Bonchev–Trinajstić information content (AvgIpc) is 3.04. The molecule has 1 aliphatic heterocycles. The SMILES string of the molecule is CN(Cc1nc2ccccc2s1)C(=O)Nc1ccc2c(c1)OCC(=O)N2. The van der Waals surface area contributed by atoms with Gasteiger partial charge in [0.25, 0.3) is 5.91 Å². The molecule has 0 atom stereocenters. The molecule has 0 radical (unpaired) electrons. The lowest BCUT2D eigenvalue weighted by molar-refractivity contribution is -0.118. The predicted octanol–water partition coefficient (Wildman–Crippen LogP) is 3.29. The molecule has 0 unspecified atom stereocenters. The van der Waals surface area contributed by atoms with Gasteiger partial charge in [-0.05, 0) is 24.3 Å². The number of hydrogen-bond donors (Lipinski definition) is 2. The van der Waals surface area contributed by atoms with E-state index >= 15 is 0 Å². The summed E-state index contributed by atoms with van der Waals surface area (Å²) in [6.45, 7) is 0.393. The van der Waals surface area contributed by atoms with Crippen LogP contribution in [0.25, 0.3) is 10.2 Å². The van der Waals surface area contributed by atoms with Crippen molar-refractivity contribution in [3.8, 4) is 5.75 Å². The summed E-state index contributed by atoms with van der Waals surface area (Å²) in [5, 5.41) is 6.42. The van der Waals surface area contributed by atoms with E-state index < -0.39 is 0 Å². The van der Waals surface area contributed by atoms with Crippen LogP contribution in [0.3, 0.4) is 0 Å². The van der Waals surface area contributed by atoms with E-state index in [2.05, 4.69) is 15.6 Å². The molecule has 132 valence electrons. The van der Waals surface area contributed by atoms with E-state index in [1.807, 2.05) is 24.3 Å². The summed E-state index contributed by atoms with van der Waals surface area (Å²) in [5.41, 5.74) is 2.14. The Morgan fingerprint density at radius 1 is 1.35 bits per heavy atom. The van der Waals surface area contributed by atoms with Crippen molar-refractivity contribution in [3.63, 3.8) is 0 Å². The lowest BCUT2D eigenvalue weighted by atomic mass is 10.2. The fourth-order valence-corrected chi connectivity index (χ4v) is 3.65. The highest BCUT2D eigenvalue weighted by Gasteiger charge is 2.17. The molecule has 3 aromatic rings. The normalized spacial score (nSPS) is 12.9. The molecule has 2 aromatic carbocycles. The Kier molecular flexibility index (Phi) is 4.18. The molecule has 0 bridgehead atoms. The van der Waals surface area contributed by atoms with Crippen molar-refractivity contribution in [1.82, 2.24) is 9.88 Å². The van der Waals surface area contributed by atoms with E-state index in [9.17, 15) is 9.59 Å². The summed E-state index contributed by atoms with van der Waals surface area (Å²) in [7, 11) is 1.72. The van der Waals surface area contributed by atoms with Crippen LogP contribution in [0.4, 0.5) is 16.2 Å². The number of carbonyl (C=O) groups excluding carboxylic acids is 2. The molecular weight excluding hydrogens is 352 g/mol. The largest absolute Gasteiger partial charge is 0.482 e. The summed E-state index contributed by atoms with van der Waals surface area (Å²) >= 11 is 1.58. The van der Waals surface area contributed by atoms with Crippen molar-refractivity contribution in [2.75, 3.05) is 24.3 Å². The molecule has 26 heavy (non-hydrogen) atoms. The number of nitrogens with zero attached hydrogens (tertiary/aromatic N) is 2. The number of benzene rings is 2. The minimum Gasteiger partial charge on any atom is -0.482 e. The van der Waals surface area contributed by atoms with Crippen molar-refractivity contribution in [2.45, 2.75) is 6.54 Å². The van der Waals surface area contributed by atoms with Crippen LogP contribution >= 0.6 is 11.3 Å². The number of hydrogen-bond acceptors (Lipinski definition) is 5. The summed E-state index contributed by atoms with van der Waals surface area (Å²) < 4.78 is 6.46. The first-order chi connectivity index (χ1) is 12.6. The van der Waals surface area contributed by atoms with E-state index in [1.54, 1.807) is 41.5 Å². The smallest absolute Gasteiger partial charge is 0.321 e. The lowest BCUT2D eigenvalue weighted by Crippen LogP contribution is -2.31. The van der Waals surface area contributed by atoms with Crippen LogP contribution in [0.15, 0.2) is 42.5 Å². The van der Waals surface area contributed by atoms with Crippen LogP contribution in [0.5, 0.6) is 5.75 Å². The van der Waals surface area contributed by atoms with Crippen molar-refractivity contribution in [2.24, 2.45) is 0 Å². The van der Waals surface area contributed by atoms with E-state index in [4.69, 9.17) is 4.74 Å². The van der Waals surface area contributed by atoms with Crippen molar-refractivity contribution < 1.29 is 14.3 Å². The molecule has 0 fully saturated rings. The zero-order valence-corrected chi connectivity index (χ0v) is 14.8. The first kappa shape index (κ1) is 16.3. The van der Waals surface area contributed by atoms with Crippen LogP contribution < -0.4 is 15.4 Å². The molecule has 0 aliphatic carbocycles. The van der Waals surface area contributed by atoms with Crippen molar-refractivity contribution in [1.29, 1.82) is 0 Å². The Morgan fingerprint density at radius 2 is 2.19 bits per heavy atom. The molecule has 0 saturated carbocycles. The minimum absolute atomic E-state index is 0.0259. The number of thiazole rings is 1. The Labute approximate surface area is 153 Å². The number of anilines is 2. The highest BCUT2D eigenvalue weighted by molar-refractivity contribution is 7.18. The molecule has 0 saturated heterocycles. The first-order valence-corrected chi connectivity index (χ1v) is 8.83. The molecule has 1 aliphatic rings. The maximum Gasteiger partial charge on any atom is 0.321 e. The number of urea groups is 1. The topological polar surface area (TPSA) is 83.6 Å². The van der Waals surface area contributed by atoms with Crippen LogP contribution in [-0.4, -0.2) is 35.5 Å². The van der Waals surface area contributed by atoms with Gasteiger partial charge >= 0.3 is 6.03 Å². The van der Waals surface area contributed by atoms with Crippen molar-refractivity contribution in [3.05, 3.63) is 47.5 Å². The molecule has 2 N–H and O–H groups in total. The number of amides is 3. The van der Waals surface area contributed by atoms with Gasteiger partial charge in [0.2, 0.25) is 0 Å². The third-order valence-corrected chi connectivity index (χ3v) is 4.94. The van der Waals surface area contributed by atoms with Gasteiger partial charge in [0, 0.05) is 18.8 Å². The predicted molar refractivity (Wildman–Crippen MR) is 101 cm³/mol. The van der Waals surface area contributed by atoms with Gasteiger partial charge in [-0.3, -0.25) is 4.79 Å². The quantitative estimate of drug-likeness (QED) is 0.743. The van der Waals surface area contributed by atoms with Gasteiger partial charge in [-0.1, -0.05) is 12.1 Å². The summed E-state index contributed by atoms with van der Waals surface area (Å²) in [4.78, 5) is 29.8. The van der Waals surface area contributed by atoms with Crippen LogP contribution in [0, 0.1) is 0 Å². The highest BCUT2D eigenvalue weighted by atomic mass is 32.1. The standard InChI is InChI=1S/C18H16N4O3S/c1-22(9-17-21-13-4-2-3-5-15(13)26-17)18(24)19-11-6-7-12-14(8-11)25-10-16(23)20-12/h2-8H,9-10H2,1H3,(H,19,24)(H,20,23). The zero-order valence-electron chi connectivity index (χ0n) is 14.0. The molecule has 3 amide bonds. The number of aromatic nitrogens is 1. The highest BCUT2D eigenvalue weighted by Crippen LogP contribution is 2.30. The second-order valence-electron chi connectivity index (χ2n) is 5.91. The van der Waals surface area contributed by atoms with Gasteiger partial charge in [-0.2, -0.15) is 0 Å². The average molecular weight is 368 g/mol. The van der Waals surface area contributed by atoms with Gasteiger partial charge in [-0.15, -0.1) is 11.3 Å². The van der Waals surface area contributed by atoms with Gasteiger partial charge in [0.05, 0.1) is 22.4 Å². The number of fused-ring (bicyclic) bond motifs is 2. The van der Waals surface area contributed by atoms with Crippen molar-refractivity contribution >= 4 is 44.9 Å². The fraction of sp³-hybridized carbons (Fsp3) is 0.167. The number of carbonyl (C=O) groups is 2. The molecule has 0 spiro atoms. The summed E-state index contributed by atoms with van der Waals surface area (Å²) in [6, 6.07) is 12.8. The van der Waals surface area contributed by atoms with E-state index in [0.29, 0.717) is 23.7 Å². The fourth-order valence-electron chi connectivity index (χ4n) is 2.63. The van der Waals surface area contributed by atoms with Gasteiger partial charge in [0.15, 0.2) is 6.61 Å². The second kappa shape index (κ2) is 6.64. The Bertz CT molecular complexity index is 968. The van der Waals surface area contributed by atoms with E-state index in [-0.39, 0.29) is 18.5 Å². The molecule has 7 nitrogen and oxygen atoms in total. The maximum absolute atomic E-state index is 12.4. The number of rotatable bonds is 3. The molecule has 1 aromatic heterocycles. The Hall–Kier alpha value is -3.13. The molecule has 4 rings (SSSR count). The molecule has 8 heteroatoms. The Balaban J connectivity index is 1.43. The number of nitrogens with one attached hydrogen (secondary N) is 2. The summed E-state index contributed by atoms with van der Waals surface area (Å²) in [6.07, 6.45) is 0. The summed E-state index contributed by atoms with van der Waals surface area (Å²) in [5.74, 6) is 0.348. The second-order valence-corrected chi connectivity index (χ2v) is 7.02. The van der Waals surface area contributed by atoms with Gasteiger partial charge in [-0.25, -0.2) is 9.78 Å². The third kappa shape index (κ3) is 3.31. The number of para-hydroxylation sites is 1. The minimum atomic E-state index is -0.246. The van der Waals surface area contributed by atoms with Gasteiger partial charge < -0.3 is 20.3 Å². The third-order valence-electron chi connectivity index (χ3n) is 3.92. The molecular formula is C18H16N4O3S. The van der Waals surface area contributed by atoms with Gasteiger partial charge in [0.1, 0.15) is 10.8 Å². The monoisotopic (exact) mass is 368 g/mol. The molecule has 2 heterocycles. The first-order valence-electron chi connectivity index (χ1n) is 8.02. The lowest BCUT2D eigenvalue weighted by Gasteiger charge is -2.20. The zero-order chi connectivity index (χ0) is 18.1. The Morgan fingerprint density at radius 3 is 3.04 bits per heavy atom. The van der Waals surface area contributed by atoms with E-state index in [0.717, 1.165) is 15.2 Å². The maximum atomic E-state index is 12.4.